The van der Waals surface area contributed by atoms with Crippen LogP contribution in [0, 0.1) is 0 Å². The molecule has 134 valence electrons. The number of benzene rings is 1. The van der Waals surface area contributed by atoms with E-state index in [9.17, 15) is 14.7 Å². The lowest BCUT2D eigenvalue weighted by Gasteiger charge is -2.22. The van der Waals surface area contributed by atoms with Gasteiger partial charge in [-0.3, -0.25) is 9.59 Å². The zero-order valence-corrected chi connectivity index (χ0v) is 14.2. The number of amides is 2. The van der Waals surface area contributed by atoms with Crippen LogP contribution < -0.4 is 5.32 Å². The van der Waals surface area contributed by atoms with Crippen molar-refractivity contribution in [2.45, 2.75) is 6.54 Å². The highest BCUT2D eigenvalue weighted by molar-refractivity contribution is 5.95. The highest BCUT2D eigenvalue weighted by atomic mass is 16.3. The first kappa shape index (κ1) is 17.6. The van der Waals surface area contributed by atoms with Gasteiger partial charge in [0.15, 0.2) is 5.69 Å². The number of hydrogen-bond donors (Lipinski definition) is 2. The van der Waals surface area contributed by atoms with Crippen molar-refractivity contribution in [1.82, 2.24) is 19.8 Å². The molecule has 0 aliphatic carbocycles. The predicted octanol–water partition coefficient (Wildman–Crippen LogP) is 1.09. The molecule has 0 bridgehead atoms. The minimum absolute atomic E-state index is 0.140. The second-order valence-corrected chi connectivity index (χ2v) is 5.81. The fraction of sp³-hybridized carbons (Fsp3) is 0.211. The lowest BCUT2D eigenvalue weighted by molar-refractivity contribution is -0.131. The second-order valence-electron chi connectivity index (χ2n) is 5.81. The van der Waals surface area contributed by atoms with Gasteiger partial charge in [-0.15, -0.1) is 0 Å². The largest absolute Gasteiger partial charge is 0.395 e. The number of nitrogens with zero attached hydrogens (tertiary/aromatic N) is 3. The molecule has 2 N–H and O–H groups in total. The predicted molar refractivity (Wildman–Crippen MR) is 96.5 cm³/mol. The van der Waals surface area contributed by atoms with E-state index in [1.54, 1.807) is 16.8 Å². The molecule has 26 heavy (non-hydrogen) atoms. The molecular weight excluding hydrogens is 332 g/mol. The van der Waals surface area contributed by atoms with Gasteiger partial charge in [-0.05, 0) is 23.8 Å². The summed E-state index contributed by atoms with van der Waals surface area (Å²) in [4.78, 5) is 26.2. The van der Waals surface area contributed by atoms with Crippen molar-refractivity contribution in [3.8, 4) is 0 Å². The van der Waals surface area contributed by atoms with Crippen molar-refractivity contribution in [2.24, 2.45) is 0 Å². The zero-order valence-electron chi connectivity index (χ0n) is 14.2. The van der Waals surface area contributed by atoms with Crippen molar-refractivity contribution in [2.75, 3.05) is 19.7 Å². The van der Waals surface area contributed by atoms with Crippen LogP contribution in [0.4, 0.5) is 0 Å². The van der Waals surface area contributed by atoms with Crippen LogP contribution in [-0.4, -0.2) is 51.1 Å². The first-order chi connectivity index (χ1) is 12.7. The summed E-state index contributed by atoms with van der Waals surface area (Å²) in [5.41, 5.74) is 2.01. The molecule has 0 fully saturated rings. The van der Waals surface area contributed by atoms with Gasteiger partial charge in [-0.2, -0.15) is 5.10 Å². The van der Waals surface area contributed by atoms with E-state index < -0.39 is 5.91 Å². The Bertz CT molecular complexity index is 859. The maximum atomic E-state index is 12.4. The normalized spacial score (nSPS) is 10.7. The van der Waals surface area contributed by atoms with Crippen LogP contribution in [0.2, 0.25) is 0 Å². The van der Waals surface area contributed by atoms with Crippen LogP contribution in [0.3, 0.4) is 0 Å². The molecule has 0 atom stereocenters. The van der Waals surface area contributed by atoms with Gasteiger partial charge in [-0.25, -0.2) is 4.52 Å². The second kappa shape index (κ2) is 8.26. The Morgan fingerprint density at radius 3 is 2.62 bits per heavy atom. The summed E-state index contributed by atoms with van der Waals surface area (Å²) in [6.45, 7) is 0.293. The van der Waals surface area contributed by atoms with Gasteiger partial charge >= 0.3 is 0 Å². The van der Waals surface area contributed by atoms with Crippen molar-refractivity contribution < 1.29 is 14.7 Å². The van der Waals surface area contributed by atoms with Crippen LogP contribution >= 0.6 is 0 Å². The van der Waals surface area contributed by atoms with E-state index in [0.717, 1.165) is 11.1 Å². The van der Waals surface area contributed by atoms with Gasteiger partial charge in [0.1, 0.15) is 0 Å². The number of aromatic nitrogens is 2. The summed E-state index contributed by atoms with van der Waals surface area (Å²) in [5.74, 6) is -0.675. The number of rotatable bonds is 7. The number of fused-ring (bicyclic) bond motifs is 1. The average molecular weight is 352 g/mol. The van der Waals surface area contributed by atoms with E-state index in [4.69, 9.17) is 0 Å². The van der Waals surface area contributed by atoms with Gasteiger partial charge in [0.25, 0.3) is 5.91 Å². The third kappa shape index (κ3) is 4.25. The van der Waals surface area contributed by atoms with E-state index in [0.29, 0.717) is 6.54 Å². The van der Waals surface area contributed by atoms with Gasteiger partial charge in [0.2, 0.25) is 5.91 Å². The Labute approximate surface area is 150 Å². The highest BCUT2D eigenvalue weighted by Crippen LogP contribution is 2.06. The molecule has 2 aromatic heterocycles. The minimum atomic E-state index is -0.411. The zero-order chi connectivity index (χ0) is 18.4. The summed E-state index contributed by atoms with van der Waals surface area (Å²) in [7, 11) is 0. The summed E-state index contributed by atoms with van der Waals surface area (Å²) in [5, 5.41) is 16.0. The lowest BCUT2D eigenvalue weighted by Crippen LogP contribution is -2.41. The van der Waals surface area contributed by atoms with Crippen LogP contribution in [0.15, 0.2) is 60.8 Å². The molecule has 1 aromatic carbocycles. The van der Waals surface area contributed by atoms with Crippen molar-refractivity contribution in [3.05, 3.63) is 72.1 Å². The summed E-state index contributed by atoms with van der Waals surface area (Å²) in [6, 6.07) is 16.7. The topological polar surface area (TPSA) is 86.9 Å². The first-order valence-electron chi connectivity index (χ1n) is 8.32. The Hall–Kier alpha value is -3.19. The molecule has 7 nitrogen and oxygen atoms in total. The molecule has 3 rings (SSSR count). The maximum absolute atomic E-state index is 12.4. The molecule has 0 saturated carbocycles. The van der Waals surface area contributed by atoms with Crippen LogP contribution in [0.1, 0.15) is 16.1 Å². The summed E-state index contributed by atoms with van der Waals surface area (Å²) < 4.78 is 1.60. The molecule has 0 spiro atoms. The van der Waals surface area contributed by atoms with Crippen molar-refractivity contribution in [1.29, 1.82) is 0 Å². The van der Waals surface area contributed by atoms with Gasteiger partial charge in [0, 0.05) is 19.3 Å². The van der Waals surface area contributed by atoms with Gasteiger partial charge in [-0.1, -0.05) is 36.4 Å². The fourth-order valence-corrected chi connectivity index (χ4v) is 2.62. The van der Waals surface area contributed by atoms with Crippen LogP contribution in [0.5, 0.6) is 0 Å². The number of carbonyl (C=O) groups is 2. The van der Waals surface area contributed by atoms with Crippen LogP contribution in [0.25, 0.3) is 5.52 Å². The van der Waals surface area contributed by atoms with Crippen molar-refractivity contribution >= 4 is 17.3 Å². The molecular formula is C19H20N4O3. The lowest BCUT2D eigenvalue weighted by atomic mass is 10.2. The Morgan fingerprint density at radius 2 is 1.88 bits per heavy atom. The maximum Gasteiger partial charge on any atom is 0.272 e. The SMILES string of the molecule is O=C(NCC(=O)N(CCO)Cc1ccccc1)c1cc2ccccn2n1. The Balaban J connectivity index is 1.60. The quantitative estimate of drug-likeness (QED) is 0.666. The van der Waals surface area contributed by atoms with Gasteiger partial charge < -0.3 is 15.3 Å². The highest BCUT2D eigenvalue weighted by Gasteiger charge is 2.16. The van der Waals surface area contributed by atoms with Gasteiger partial charge in [0.05, 0.1) is 18.7 Å². The smallest absolute Gasteiger partial charge is 0.272 e. The first-order valence-corrected chi connectivity index (χ1v) is 8.32. The van der Waals surface area contributed by atoms with E-state index in [1.165, 1.54) is 4.90 Å². The monoisotopic (exact) mass is 352 g/mol. The Kier molecular flexibility index (Phi) is 5.60. The molecule has 0 saturated heterocycles. The molecule has 0 unspecified atom stereocenters. The molecule has 0 aliphatic rings. The van der Waals surface area contributed by atoms with Crippen molar-refractivity contribution in [3.63, 3.8) is 0 Å². The number of carbonyl (C=O) groups excluding carboxylic acids is 2. The standard InChI is InChI=1S/C19H20N4O3/c24-11-10-22(14-15-6-2-1-3-7-15)18(25)13-20-19(26)17-12-16-8-4-5-9-23(16)21-17/h1-9,12,24H,10-11,13-14H2,(H,20,26). The Morgan fingerprint density at radius 1 is 1.12 bits per heavy atom. The van der Waals surface area contributed by atoms with E-state index in [2.05, 4.69) is 10.4 Å². The van der Waals surface area contributed by atoms with Crippen LogP contribution in [-0.2, 0) is 11.3 Å². The van der Waals surface area contributed by atoms with E-state index >= 15 is 0 Å². The molecule has 0 radical (unpaired) electrons. The van der Waals surface area contributed by atoms with E-state index in [1.807, 2.05) is 48.5 Å². The number of hydrogen-bond acceptors (Lipinski definition) is 4. The third-order valence-electron chi connectivity index (χ3n) is 3.94. The molecule has 0 aliphatic heterocycles. The number of aliphatic hydroxyl groups excluding tert-OH is 1. The average Bonchev–Trinajstić information content (AvgIpc) is 3.10. The summed E-state index contributed by atoms with van der Waals surface area (Å²) in [6.07, 6.45) is 1.75. The molecule has 2 heterocycles. The number of nitrogens with one attached hydrogen (secondary N) is 1. The van der Waals surface area contributed by atoms with E-state index in [-0.39, 0.29) is 31.3 Å². The number of pyridine rings is 1. The minimum Gasteiger partial charge on any atom is -0.395 e. The molecule has 2 amide bonds. The number of aliphatic hydroxyl groups is 1. The third-order valence-corrected chi connectivity index (χ3v) is 3.94. The molecule has 7 heteroatoms. The summed E-state index contributed by atoms with van der Waals surface area (Å²) >= 11 is 0. The fourth-order valence-electron chi connectivity index (χ4n) is 2.62. The molecule has 3 aromatic rings.